The smallest absolute Gasteiger partial charge is 0.318 e. The standard InChI is InChI=1S/C34H51NO4/c1-12-33(10)20-28(21(3)34(11,13-2)35-33)39-30(38)29(22-14-16-26(36)24(18-22)31(4,5)6)23-15-17-27(37)25(19-23)32(7,8)9/h14-19,21,28-29,35-37H,12-13,20H2,1-11H3. The molecule has 3 rings (SSSR count). The van der Waals surface area contributed by atoms with E-state index in [0.717, 1.165) is 41.5 Å². The maximum atomic E-state index is 14.3. The molecule has 0 aliphatic carbocycles. The van der Waals surface area contributed by atoms with Gasteiger partial charge >= 0.3 is 5.97 Å². The molecular formula is C34H51NO4. The van der Waals surface area contributed by atoms with Crippen LogP contribution in [0, 0.1) is 5.92 Å². The largest absolute Gasteiger partial charge is 0.508 e. The Morgan fingerprint density at radius 3 is 1.77 bits per heavy atom. The van der Waals surface area contributed by atoms with Gasteiger partial charge in [-0.3, -0.25) is 4.79 Å². The molecule has 5 heteroatoms. The SMILES string of the molecule is CCC1(C)CC(OC(=O)C(c2ccc(O)c(C(C)(C)C)c2)c2ccc(O)c(C(C)(C)C)c2)C(C)C(C)(CC)N1. The maximum Gasteiger partial charge on any atom is 0.318 e. The van der Waals surface area contributed by atoms with E-state index in [0.29, 0.717) is 0 Å². The highest BCUT2D eigenvalue weighted by Crippen LogP contribution is 2.42. The first kappa shape index (κ1) is 31.0. The van der Waals surface area contributed by atoms with Crippen LogP contribution in [0.2, 0.25) is 0 Å². The van der Waals surface area contributed by atoms with Crippen molar-refractivity contribution in [2.24, 2.45) is 5.92 Å². The van der Waals surface area contributed by atoms with Gasteiger partial charge in [-0.25, -0.2) is 0 Å². The topological polar surface area (TPSA) is 78.8 Å². The molecular weight excluding hydrogens is 486 g/mol. The fourth-order valence-corrected chi connectivity index (χ4v) is 6.02. The first-order valence-electron chi connectivity index (χ1n) is 14.5. The Morgan fingerprint density at radius 1 is 0.923 bits per heavy atom. The van der Waals surface area contributed by atoms with Gasteiger partial charge < -0.3 is 20.3 Å². The molecule has 2 aromatic carbocycles. The van der Waals surface area contributed by atoms with Crippen molar-refractivity contribution in [3.63, 3.8) is 0 Å². The quantitative estimate of drug-likeness (QED) is 0.329. The van der Waals surface area contributed by atoms with Crippen LogP contribution in [0.25, 0.3) is 0 Å². The van der Waals surface area contributed by atoms with Crippen LogP contribution in [0.15, 0.2) is 36.4 Å². The summed E-state index contributed by atoms with van der Waals surface area (Å²) in [4.78, 5) is 14.3. The predicted molar refractivity (Wildman–Crippen MR) is 160 cm³/mol. The van der Waals surface area contributed by atoms with E-state index in [1.807, 2.05) is 65.8 Å². The lowest BCUT2D eigenvalue weighted by Crippen LogP contribution is -2.66. The zero-order valence-electron chi connectivity index (χ0n) is 26.0. The third-order valence-corrected chi connectivity index (χ3v) is 9.14. The second kappa shape index (κ2) is 10.8. The molecule has 5 nitrogen and oxygen atoms in total. The van der Waals surface area contributed by atoms with Gasteiger partial charge in [0.05, 0.1) is 0 Å². The number of benzene rings is 2. The molecule has 0 amide bonds. The Hall–Kier alpha value is -2.53. The predicted octanol–water partition coefficient (Wildman–Crippen LogP) is 7.70. The summed E-state index contributed by atoms with van der Waals surface area (Å²) in [6.45, 7) is 23.3. The lowest BCUT2D eigenvalue weighted by Gasteiger charge is -2.53. The Balaban J connectivity index is 2.14. The van der Waals surface area contributed by atoms with E-state index in [9.17, 15) is 15.0 Å². The van der Waals surface area contributed by atoms with Crippen molar-refractivity contribution < 1.29 is 19.7 Å². The van der Waals surface area contributed by atoms with Crippen LogP contribution in [-0.4, -0.2) is 33.4 Å². The molecule has 0 spiro atoms. The average Bonchev–Trinajstić information content (AvgIpc) is 2.83. The van der Waals surface area contributed by atoms with Crippen LogP contribution in [0.1, 0.15) is 124 Å². The van der Waals surface area contributed by atoms with Crippen molar-refractivity contribution in [3.05, 3.63) is 58.7 Å². The second-order valence-corrected chi connectivity index (χ2v) is 14.3. The van der Waals surface area contributed by atoms with Gasteiger partial charge in [0.15, 0.2) is 0 Å². The van der Waals surface area contributed by atoms with E-state index in [1.54, 1.807) is 12.1 Å². The Labute approximate surface area is 236 Å². The normalized spacial score (nSPS) is 26.1. The van der Waals surface area contributed by atoms with Gasteiger partial charge in [0, 0.05) is 23.4 Å². The summed E-state index contributed by atoms with van der Waals surface area (Å²) >= 11 is 0. The fourth-order valence-electron chi connectivity index (χ4n) is 6.02. The number of hydrogen-bond donors (Lipinski definition) is 3. The first-order chi connectivity index (χ1) is 17.8. The number of esters is 1. The Morgan fingerprint density at radius 2 is 1.38 bits per heavy atom. The number of carbonyl (C=O) groups excluding carboxylic acids is 1. The molecule has 1 heterocycles. The van der Waals surface area contributed by atoms with Crippen LogP contribution in [0.4, 0.5) is 0 Å². The molecule has 3 N–H and O–H groups in total. The van der Waals surface area contributed by atoms with Crippen LogP contribution in [0.5, 0.6) is 11.5 Å². The summed E-state index contributed by atoms with van der Waals surface area (Å²) in [7, 11) is 0. The van der Waals surface area contributed by atoms with Crippen molar-refractivity contribution in [2.45, 2.75) is 129 Å². The highest BCUT2D eigenvalue weighted by atomic mass is 16.5. The number of ether oxygens (including phenoxy) is 1. The van der Waals surface area contributed by atoms with Gasteiger partial charge in [0.1, 0.15) is 23.5 Å². The summed E-state index contributed by atoms with van der Waals surface area (Å²) in [6.07, 6.45) is 2.37. The van der Waals surface area contributed by atoms with Gasteiger partial charge in [-0.05, 0) is 71.9 Å². The van der Waals surface area contributed by atoms with Crippen molar-refractivity contribution >= 4 is 5.97 Å². The van der Waals surface area contributed by atoms with Crippen molar-refractivity contribution in [1.29, 1.82) is 0 Å². The number of hydrogen-bond acceptors (Lipinski definition) is 5. The highest BCUT2D eigenvalue weighted by Gasteiger charge is 2.48. The van der Waals surface area contributed by atoms with Crippen LogP contribution in [-0.2, 0) is 20.4 Å². The lowest BCUT2D eigenvalue weighted by atomic mass is 9.70. The van der Waals surface area contributed by atoms with E-state index < -0.39 is 5.92 Å². The van der Waals surface area contributed by atoms with E-state index in [1.165, 1.54) is 0 Å². The average molecular weight is 538 g/mol. The fraction of sp³-hybridized carbons (Fsp3) is 0.618. The number of carbonyl (C=O) groups is 1. The monoisotopic (exact) mass is 537 g/mol. The molecule has 0 radical (unpaired) electrons. The highest BCUT2D eigenvalue weighted by molar-refractivity contribution is 5.83. The molecule has 1 aliphatic rings. The Bertz CT molecular complexity index is 1130. The van der Waals surface area contributed by atoms with E-state index in [4.69, 9.17) is 4.74 Å². The van der Waals surface area contributed by atoms with E-state index in [-0.39, 0.29) is 51.4 Å². The second-order valence-electron chi connectivity index (χ2n) is 14.3. The molecule has 0 aromatic heterocycles. The molecule has 0 bridgehead atoms. The summed E-state index contributed by atoms with van der Waals surface area (Å²) < 4.78 is 6.48. The van der Waals surface area contributed by atoms with E-state index >= 15 is 0 Å². The van der Waals surface area contributed by atoms with Gasteiger partial charge in [-0.1, -0.05) is 86.6 Å². The molecule has 2 aromatic rings. The summed E-state index contributed by atoms with van der Waals surface area (Å²) in [6, 6.07) is 10.9. The van der Waals surface area contributed by atoms with Gasteiger partial charge in [-0.15, -0.1) is 0 Å². The molecule has 1 fully saturated rings. The first-order valence-corrected chi connectivity index (χ1v) is 14.5. The third-order valence-electron chi connectivity index (χ3n) is 9.14. The molecule has 4 atom stereocenters. The molecule has 39 heavy (non-hydrogen) atoms. The van der Waals surface area contributed by atoms with Gasteiger partial charge in [0.25, 0.3) is 0 Å². The molecule has 0 saturated carbocycles. The molecule has 216 valence electrons. The van der Waals surface area contributed by atoms with Crippen LogP contribution in [0.3, 0.4) is 0 Å². The zero-order valence-corrected chi connectivity index (χ0v) is 26.0. The van der Waals surface area contributed by atoms with Crippen molar-refractivity contribution in [3.8, 4) is 11.5 Å². The minimum absolute atomic E-state index is 0.127. The number of nitrogens with one attached hydrogen (secondary N) is 1. The lowest BCUT2D eigenvalue weighted by molar-refractivity contribution is -0.159. The number of piperidine rings is 1. The van der Waals surface area contributed by atoms with Crippen LogP contribution < -0.4 is 5.32 Å². The third kappa shape index (κ3) is 6.45. The minimum atomic E-state index is -0.698. The number of phenols is 2. The van der Waals surface area contributed by atoms with Gasteiger partial charge in [-0.2, -0.15) is 0 Å². The van der Waals surface area contributed by atoms with Crippen molar-refractivity contribution in [1.82, 2.24) is 5.32 Å². The summed E-state index contributed by atoms with van der Waals surface area (Å²) in [5.74, 6) is -0.452. The summed E-state index contributed by atoms with van der Waals surface area (Å²) in [5.41, 5.74) is 2.19. The Kier molecular flexibility index (Phi) is 8.59. The zero-order chi connectivity index (χ0) is 29.6. The number of aromatic hydroxyl groups is 2. The number of rotatable bonds is 6. The summed E-state index contributed by atoms with van der Waals surface area (Å²) in [5, 5.41) is 25.2. The van der Waals surface area contributed by atoms with Crippen molar-refractivity contribution in [2.75, 3.05) is 0 Å². The molecule has 4 unspecified atom stereocenters. The molecule has 1 saturated heterocycles. The van der Waals surface area contributed by atoms with E-state index in [2.05, 4.69) is 39.9 Å². The maximum absolute atomic E-state index is 14.3. The molecule has 1 aliphatic heterocycles. The minimum Gasteiger partial charge on any atom is -0.508 e. The van der Waals surface area contributed by atoms with Gasteiger partial charge in [0.2, 0.25) is 0 Å². The number of phenolic OH excluding ortho intramolecular Hbond substituents is 2. The van der Waals surface area contributed by atoms with Crippen LogP contribution >= 0.6 is 0 Å².